The minimum absolute atomic E-state index is 0.307. The number of hydrogen-bond donors (Lipinski definition) is 0. The van der Waals surface area contributed by atoms with Gasteiger partial charge in [-0.25, -0.2) is 4.39 Å². The van der Waals surface area contributed by atoms with Crippen LogP contribution in [0.1, 0.15) is 44.6 Å². The summed E-state index contributed by atoms with van der Waals surface area (Å²) in [4.78, 5) is 0. The van der Waals surface area contributed by atoms with Crippen molar-refractivity contribution in [3.05, 3.63) is 41.7 Å². The fourth-order valence-electron chi connectivity index (χ4n) is 2.88. The highest BCUT2D eigenvalue weighted by Gasteiger charge is 2.32. The summed E-state index contributed by atoms with van der Waals surface area (Å²) in [6.07, 6.45) is 4.94. The van der Waals surface area contributed by atoms with Gasteiger partial charge in [-0.1, -0.05) is 31.3 Å². The minimum atomic E-state index is -4.91. The van der Waals surface area contributed by atoms with Gasteiger partial charge >= 0.3 is 6.36 Å². The molecule has 0 saturated heterocycles. The van der Waals surface area contributed by atoms with Crippen molar-refractivity contribution in [1.29, 1.82) is 0 Å². The number of allylic oxidation sites excluding steroid dienone is 2. The molecule has 0 unspecified atom stereocenters. The number of hydrogen-bond acceptors (Lipinski definition) is 1. The van der Waals surface area contributed by atoms with Crippen LogP contribution in [-0.2, 0) is 0 Å². The van der Waals surface area contributed by atoms with Crippen molar-refractivity contribution in [3.63, 3.8) is 0 Å². The molecule has 5 heteroatoms. The van der Waals surface area contributed by atoms with E-state index in [2.05, 4.69) is 29.6 Å². The largest absolute Gasteiger partial charge is 0.573 e. The van der Waals surface area contributed by atoms with E-state index >= 15 is 0 Å². The van der Waals surface area contributed by atoms with Crippen molar-refractivity contribution in [2.24, 2.45) is 11.8 Å². The maximum Gasteiger partial charge on any atom is 0.573 e. The van der Waals surface area contributed by atoms with Crippen LogP contribution < -0.4 is 4.74 Å². The van der Waals surface area contributed by atoms with Crippen LogP contribution in [0.4, 0.5) is 17.6 Å². The van der Waals surface area contributed by atoms with Gasteiger partial charge in [-0.2, -0.15) is 0 Å². The molecule has 1 fully saturated rings. The van der Waals surface area contributed by atoms with Gasteiger partial charge in [0.2, 0.25) is 0 Å². The highest BCUT2D eigenvalue weighted by molar-refractivity contribution is 5.41. The number of alkyl halides is 3. The Hall–Kier alpha value is -1.96. The zero-order valence-electron chi connectivity index (χ0n) is 13.5. The van der Waals surface area contributed by atoms with Crippen molar-refractivity contribution in [2.45, 2.75) is 45.4 Å². The van der Waals surface area contributed by atoms with Gasteiger partial charge in [-0.15, -0.1) is 13.2 Å². The molecular formula is C19H20F4O. The molecule has 130 valence electrons. The Balaban J connectivity index is 1.91. The summed E-state index contributed by atoms with van der Waals surface area (Å²) in [6, 6.07) is 3.17. The summed E-state index contributed by atoms with van der Waals surface area (Å²) in [5.41, 5.74) is 0.307. The van der Waals surface area contributed by atoms with E-state index in [1.54, 1.807) is 6.08 Å². The van der Waals surface area contributed by atoms with Crippen LogP contribution >= 0.6 is 0 Å². The Kier molecular flexibility index (Phi) is 6.30. The van der Waals surface area contributed by atoms with Crippen molar-refractivity contribution < 1.29 is 22.3 Å². The second-order valence-corrected chi connectivity index (χ2v) is 6.01. The average Bonchev–Trinajstić information content (AvgIpc) is 2.53. The van der Waals surface area contributed by atoms with E-state index in [1.165, 1.54) is 25.3 Å². The summed E-state index contributed by atoms with van der Waals surface area (Å²) < 4.78 is 53.3. The molecule has 0 spiro atoms. The molecular weight excluding hydrogens is 320 g/mol. The van der Waals surface area contributed by atoms with E-state index in [-0.39, 0.29) is 0 Å². The van der Waals surface area contributed by atoms with Crippen LogP contribution in [0, 0.1) is 29.5 Å². The highest BCUT2D eigenvalue weighted by Crippen LogP contribution is 2.31. The average molecular weight is 340 g/mol. The SMILES string of the molecule is CCC1CCC(C=CC#Cc2ccc(OC(F)(F)F)c(F)c2)CC1. The number of benzene rings is 1. The quantitative estimate of drug-likeness (QED) is 0.495. The summed E-state index contributed by atoms with van der Waals surface area (Å²) in [6.45, 7) is 2.22. The summed E-state index contributed by atoms with van der Waals surface area (Å²) in [5, 5.41) is 0. The predicted octanol–water partition coefficient (Wildman–Crippen LogP) is 5.85. The molecule has 1 aliphatic rings. The van der Waals surface area contributed by atoms with Crippen LogP contribution in [0.15, 0.2) is 30.4 Å². The van der Waals surface area contributed by atoms with Crippen molar-refractivity contribution >= 4 is 0 Å². The molecule has 0 N–H and O–H groups in total. The molecule has 2 rings (SSSR count). The molecule has 0 aliphatic heterocycles. The van der Waals surface area contributed by atoms with E-state index < -0.39 is 17.9 Å². The fraction of sp³-hybridized carbons (Fsp3) is 0.474. The van der Waals surface area contributed by atoms with Crippen molar-refractivity contribution in [3.8, 4) is 17.6 Å². The first-order valence-corrected chi connectivity index (χ1v) is 8.11. The number of rotatable bonds is 3. The standard InChI is InChI=1S/C19H20F4O/c1-2-14-7-9-15(10-8-14)5-3-4-6-16-11-12-18(17(20)13-16)24-19(21,22)23/h3,5,11-15H,2,7-10H2,1H3. The van der Waals surface area contributed by atoms with Crippen molar-refractivity contribution in [1.82, 2.24) is 0 Å². The molecule has 1 saturated carbocycles. The molecule has 0 aromatic heterocycles. The fourth-order valence-corrected chi connectivity index (χ4v) is 2.88. The van der Waals surface area contributed by atoms with Crippen LogP contribution in [-0.4, -0.2) is 6.36 Å². The molecule has 0 heterocycles. The molecule has 1 aliphatic carbocycles. The number of ether oxygens (including phenoxy) is 1. The molecule has 0 radical (unpaired) electrons. The van der Waals surface area contributed by atoms with E-state index in [0.717, 1.165) is 30.9 Å². The Labute approximate surface area is 139 Å². The predicted molar refractivity (Wildman–Crippen MR) is 84.8 cm³/mol. The van der Waals surface area contributed by atoms with Gasteiger partial charge in [0, 0.05) is 5.56 Å². The molecule has 0 bridgehead atoms. The highest BCUT2D eigenvalue weighted by atomic mass is 19.4. The van der Waals surface area contributed by atoms with Crippen LogP contribution in [0.2, 0.25) is 0 Å². The van der Waals surface area contributed by atoms with Crippen LogP contribution in [0.3, 0.4) is 0 Å². The van der Waals surface area contributed by atoms with Crippen molar-refractivity contribution in [2.75, 3.05) is 0 Å². The monoisotopic (exact) mass is 340 g/mol. The molecule has 1 aromatic rings. The summed E-state index contributed by atoms with van der Waals surface area (Å²) in [7, 11) is 0. The van der Waals surface area contributed by atoms with Gasteiger partial charge in [-0.05, 0) is 61.8 Å². The second kappa shape index (κ2) is 8.23. The van der Waals surface area contributed by atoms with Gasteiger partial charge < -0.3 is 4.74 Å². The van der Waals surface area contributed by atoms with E-state index in [9.17, 15) is 17.6 Å². The Morgan fingerprint density at radius 1 is 1.21 bits per heavy atom. The summed E-state index contributed by atoms with van der Waals surface area (Å²) in [5.74, 6) is 4.96. The molecule has 0 atom stereocenters. The first-order chi connectivity index (χ1) is 11.4. The van der Waals surface area contributed by atoms with Gasteiger partial charge in [0.05, 0.1) is 0 Å². The zero-order chi connectivity index (χ0) is 17.6. The lowest BCUT2D eigenvalue weighted by molar-refractivity contribution is -0.275. The maximum atomic E-state index is 13.5. The lowest BCUT2D eigenvalue weighted by atomic mass is 9.81. The number of halogens is 4. The normalized spacial score (nSPS) is 21.4. The third-order valence-electron chi connectivity index (χ3n) is 4.29. The Morgan fingerprint density at radius 3 is 2.50 bits per heavy atom. The van der Waals surface area contributed by atoms with Crippen LogP contribution in [0.5, 0.6) is 5.75 Å². The minimum Gasteiger partial charge on any atom is -0.403 e. The summed E-state index contributed by atoms with van der Waals surface area (Å²) >= 11 is 0. The maximum absolute atomic E-state index is 13.5. The smallest absolute Gasteiger partial charge is 0.403 e. The van der Waals surface area contributed by atoms with Gasteiger partial charge in [-0.3, -0.25) is 0 Å². The first kappa shape index (κ1) is 18.4. The van der Waals surface area contributed by atoms with E-state index in [0.29, 0.717) is 11.5 Å². The van der Waals surface area contributed by atoms with Gasteiger partial charge in [0.15, 0.2) is 11.6 Å². The first-order valence-electron chi connectivity index (χ1n) is 8.11. The zero-order valence-corrected chi connectivity index (χ0v) is 13.5. The molecule has 24 heavy (non-hydrogen) atoms. The second-order valence-electron chi connectivity index (χ2n) is 6.01. The van der Waals surface area contributed by atoms with E-state index in [1.807, 2.05) is 0 Å². The molecule has 0 amide bonds. The third-order valence-corrected chi connectivity index (χ3v) is 4.29. The van der Waals surface area contributed by atoms with Gasteiger partial charge in [0.25, 0.3) is 0 Å². The van der Waals surface area contributed by atoms with E-state index in [4.69, 9.17) is 0 Å². The Bertz CT molecular complexity index is 629. The molecule has 1 nitrogen and oxygen atoms in total. The lowest BCUT2D eigenvalue weighted by Gasteiger charge is -2.25. The molecule has 1 aromatic carbocycles. The third kappa shape index (κ3) is 5.92. The topological polar surface area (TPSA) is 9.23 Å². The van der Waals surface area contributed by atoms with Crippen LogP contribution in [0.25, 0.3) is 0 Å². The lowest BCUT2D eigenvalue weighted by Crippen LogP contribution is -2.17. The van der Waals surface area contributed by atoms with Gasteiger partial charge in [0.1, 0.15) is 0 Å². The Morgan fingerprint density at radius 2 is 1.92 bits per heavy atom.